The van der Waals surface area contributed by atoms with Crippen molar-refractivity contribution < 1.29 is 41.1 Å². The molecule has 1 aliphatic heterocycles. The highest BCUT2D eigenvalue weighted by molar-refractivity contribution is 5.90. The topological polar surface area (TPSA) is 49.4 Å². The highest BCUT2D eigenvalue weighted by Gasteiger charge is 2.57. The minimum Gasteiger partial charge on any atom is -0.427 e. The van der Waals surface area contributed by atoms with E-state index in [-0.39, 0.29) is 24.7 Å². The van der Waals surface area contributed by atoms with Gasteiger partial charge in [-0.1, -0.05) is 13.8 Å². The lowest BCUT2D eigenvalue weighted by molar-refractivity contribution is -0.251. The van der Waals surface area contributed by atoms with Crippen molar-refractivity contribution in [2.45, 2.75) is 77.3 Å². The van der Waals surface area contributed by atoms with Crippen molar-refractivity contribution in [1.82, 2.24) is 5.06 Å². The summed E-state index contributed by atoms with van der Waals surface area (Å²) in [7, 11) is 0. The molecule has 0 spiro atoms. The second-order valence-electron chi connectivity index (χ2n) is 10.2. The van der Waals surface area contributed by atoms with Crippen LogP contribution in [0, 0.1) is 5.41 Å². The van der Waals surface area contributed by atoms with Crippen LogP contribution < -0.4 is 0 Å². The predicted octanol–water partition coefficient (Wildman–Crippen LogP) is 6.54. The molecule has 0 N–H and O–H groups in total. The number of hydrogen-bond acceptors (Lipinski definition) is 3. The SMILES string of the molecule is CC1(C)CC(OC(=O)c2cc(C(F)(F)F)cc(C(F)(F)F)c2)=C2CC(C)(C)N([O])[C@@]2(C)C1. The van der Waals surface area contributed by atoms with E-state index in [9.17, 15) is 36.3 Å². The summed E-state index contributed by atoms with van der Waals surface area (Å²) < 4.78 is 84.3. The molecular weight excluding hydrogens is 440 g/mol. The Morgan fingerprint density at radius 1 is 0.906 bits per heavy atom. The van der Waals surface area contributed by atoms with Gasteiger partial charge in [-0.2, -0.15) is 26.3 Å². The maximum absolute atomic E-state index is 13.1. The lowest BCUT2D eigenvalue weighted by atomic mass is 9.68. The molecule has 1 heterocycles. The average Bonchev–Trinajstić information content (AvgIpc) is 2.78. The Balaban J connectivity index is 2.06. The van der Waals surface area contributed by atoms with Crippen molar-refractivity contribution in [3.63, 3.8) is 0 Å². The predicted molar refractivity (Wildman–Crippen MR) is 102 cm³/mol. The molecule has 1 radical (unpaired) electrons. The minimum absolute atomic E-state index is 0.0474. The zero-order valence-electron chi connectivity index (χ0n) is 18.3. The Morgan fingerprint density at radius 3 is 1.88 bits per heavy atom. The van der Waals surface area contributed by atoms with E-state index in [0.29, 0.717) is 24.1 Å². The van der Waals surface area contributed by atoms with E-state index in [1.54, 1.807) is 20.8 Å². The van der Waals surface area contributed by atoms with Gasteiger partial charge in [-0.25, -0.2) is 4.79 Å². The second-order valence-corrected chi connectivity index (χ2v) is 10.2. The minimum atomic E-state index is -5.08. The van der Waals surface area contributed by atoms with E-state index in [1.807, 2.05) is 13.8 Å². The van der Waals surface area contributed by atoms with Crippen molar-refractivity contribution in [3.8, 4) is 0 Å². The molecule has 1 aromatic rings. The van der Waals surface area contributed by atoms with E-state index in [2.05, 4.69) is 0 Å². The number of hydrogen-bond donors (Lipinski definition) is 0. The summed E-state index contributed by atoms with van der Waals surface area (Å²) in [6.07, 6.45) is -9.21. The first-order valence-corrected chi connectivity index (χ1v) is 9.98. The number of carbonyl (C=O) groups is 1. The van der Waals surface area contributed by atoms with Gasteiger partial charge in [-0.3, -0.25) is 0 Å². The van der Waals surface area contributed by atoms with Crippen molar-refractivity contribution in [3.05, 3.63) is 46.2 Å². The van der Waals surface area contributed by atoms with Crippen molar-refractivity contribution in [2.75, 3.05) is 0 Å². The van der Waals surface area contributed by atoms with Gasteiger partial charge < -0.3 is 4.74 Å². The van der Waals surface area contributed by atoms with Crippen LogP contribution in [0.2, 0.25) is 0 Å². The molecule has 2 aliphatic rings. The van der Waals surface area contributed by atoms with E-state index < -0.39 is 51.5 Å². The van der Waals surface area contributed by atoms with E-state index in [0.717, 1.165) is 5.06 Å². The Labute approximate surface area is 181 Å². The Kier molecular flexibility index (Phi) is 5.54. The molecule has 1 fully saturated rings. The Bertz CT molecular complexity index is 945. The van der Waals surface area contributed by atoms with Crippen LogP contribution in [0.1, 0.15) is 75.4 Å². The first-order valence-electron chi connectivity index (χ1n) is 9.98. The largest absolute Gasteiger partial charge is 0.427 e. The fraction of sp³-hybridized carbons (Fsp3) is 0.591. The van der Waals surface area contributed by atoms with Gasteiger partial charge in [0.15, 0.2) is 0 Å². The number of hydroxylamine groups is 2. The molecule has 1 atom stereocenters. The van der Waals surface area contributed by atoms with Gasteiger partial charge in [0.05, 0.1) is 22.2 Å². The normalized spacial score (nSPS) is 25.6. The number of ether oxygens (including phenoxy) is 1. The summed E-state index contributed by atoms with van der Waals surface area (Å²) in [5.74, 6) is -1.20. The van der Waals surface area contributed by atoms with Gasteiger partial charge in [-0.05, 0) is 62.8 Å². The molecule has 1 aliphatic carbocycles. The highest BCUT2D eigenvalue weighted by atomic mass is 19.4. The summed E-state index contributed by atoms with van der Waals surface area (Å²) in [5.41, 5.74) is -5.79. The standard InChI is InChI=1S/C22H24F6NO3/c1-18(2)10-16(15-9-19(3,4)29(31)20(15,5)11-18)32-17(30)12-6-13(21(23,24)25)8-14(7-12)22(26,27)28/h6-8H,9-11H2,1-5H3/t20-/m0/s1. The van der Waals surface area contributed by atoms with Crippen LogP contribution >= 0.6 is 0 Å². The molecule has 10 heteroatoms. The molecule has 0 aromatic heterocycles. The van der Waals surface area contributed by atoms with Gasteiger partial charge in [0.25, 0.3) is 0 Å². The monoisotopic (exact) mass is 464 g/mol. The molecule has 1 aromatic carbocycles. The third-order valence-electron chi connectivity index (χ3n) is 6.10. The summed E-state index contributed by atoms with van der Waals surface area (Å²) in [6, 6.07) is 0.636. The molecule has 0 amide bonds. The Hall–Kier alpha value is -2.07. The highest BCUT2D eigenvalue weighted by Crippen LogP contribution is 2.55. The number of esters is 1. The first-order chi connectivity index (χ1) is 14.3. The third-order valence-corrected chi connectivity index (χ3v) is 6.10. The van der Waals surface area contributed by atoms with Gasteiger partial charge in [0.2, 0.25) is 0 Å². The number of allylic oxidation sites excluding steroid dienone is 1. The van der Waals surface area contributed by atoms with Gasteiger partial charge >= 0.3 is 18.3 Å². The van der Waals surface area contributed by atoms with Crippen LogP contribution in [-0.4, -0.2) is 22.1 Å². The van der Waals surface area contributed by atoms with Gasteiger partial charge in [0, 0.05) is 12.0 Å². The number of rotatable bonds is 2. The zero-order valence-corrected chi connectivity index (χ0v) is 18.3. The van der Waals surface area contributed by atoms with Crippen LogP contribution in [0.3, 0.4) is 0 Å². The molecule has 177 valence electrons. The molecule has 0 bridgehead atoms. The van der Waals surface area contributed by atoms with E-state index in [4.69, 9.17) is 4.74 Å². The van der Waals surface area contributed by atoms with Gasteiger partial charge in [0.1, 0.15) is 5.76 Å². The fourth-order valence-corrected chi connectivity index (χ4v) is 4.94. The maximum Gasteiger partial charge on any atom is 0.416 e. The van der Waals surface area contributed by atoms with Gasteiger partial charge in [-0.15, -0.1) is 10.3 Å². The Morgan fingerprint density at radius 2 is 1.41 bits per heavy atom. The molecule has 3 rings (SSSR count). The lowest BCUT2D eigenvalue weighted by Gasteiger charge is -2.44. The van der Waals surface area contributed by atoms with E-state index >= 15 is 0 Å². The molecule has 0 unspecified atom stereocenters. The number of carbonyl (C=O) groups excluding carboxylic acids is 1. The third kappa shape index (κ3) is 4.39. The average molecular weight is 464 g/mol. The number of halogens is 6. The number of nitrogens with zero attached hydrogens (tertiary/aromatic N) is 1. The number of alkyl halides is 6. The first kappa shape index (κ1) is 24.6. The number of benzene rings is 1. The van der Waals surface area contributed by atoms with Crippen LogP contribution in [0.4, 0.5) is 26.3 Å². The quantitative estimate of drug-likeness (QED) is 0.369. The molecule has 1 saturated heterocycles. The van der Waals surface area contributed by atoms with Crippen molar-refractivity contribution >= 4 is 5.97 Å². The van der Waals surface area contributed by atoms with Crippen LogP contribution in [-0.2, 0) is 22.3 Å². The second kappa shape index (κ2) is 7.21. The van der Waals surface area contributed by atoms with E-state index in [1.165, 1.54) is 0 Å². The molecule has 32 heavy (non-hydrogen) atoms. The smallest absolute Gasteiger partial charge is 0.416 e. The molecular formula is C22H24F6NO3. The van der Waals surface area contributed by atoms with Crippen molar-refractivity contribution in [1.29, 1.82) is 0 Å². The summed E-state index contributed by atoms with van der Waals surface area (Å²) in [5, 5.41) is 13.9. The number of fused-ring (bicyclic) bond motifs is 1. The fourth-order valence-electron chi connectivity index (χ4n) is 4.94. The van der Waals surface area contributed by atoms with Crippen LogP contribution in [0.15, 0.2) is 29.5 Å². The zero-order chi connectivity index (χ0) is 24.5. The van der Waals surface area contributed by atoms with Crippen molar-refractivity contribution in [2.24, 2.45) is 5.41 Å². The van der Waals surface area contributed by atoms with Crippen LogP contribution in [0.5, 0.6) is 0 Å². The maximum atomic E-state index is 13.1. The van der Waals surface area contributed by atoms with Crippen LogP contribution in [0.25, 0.3) is 0 Å². The summed E-state index contributed by atoms with van der Waals surface area (Å²) in [4.78, 5) is 12.7. The summed E-state index contributed by atoms with van der Waals surface area (Å²) in [6.45, 7) is 8.88. The molecule has 0 saturated carbocycles. The lowest BCUT2D eigenvalue weighted by Crippen LogP contribution is -2.50. The summed E-state index contributed by atoms with van der Waals surface area (Å²) >= 11 is 0. The molecule has 4 nitrogen and oxygen atoms in total.